The van der Waals surface area contributed by atoms with Gasteiger partial charge in [-0.05, 0) is 37.3 Å². The lowest BCUT2D eigenvalue weighted by Gasteiger charge is -2.22. The Kier molecular flexibility index (Phi) is 5.79. The summed E-state index contributed by atoms with van der Waals surface area (Å²) in [7, 11) is 1.51. The van der Waals surface area contributed by atoms with Gasteiger partial charge >= 0.3 is 11.9 Å². The second kappa shape index (κ2) is 8.28. The van der Waals surface area contributed by atoms with E-state index in [1.165, 1.54) is 18.4 Å². The molecule has 2 aromatic heterocycles. The molecule has 0 aromatic carbocycles. The van der Waals surface area contributed by atoms with Crippen LogP contribution in [0.25, 0.3) is 5.57 Å². The van der Waals surface area contributed by atoms with Gasteiger partial charge in [-0.2, -0.15) is 13.2 Å². The van der Waals surface area contributed by atoms with Gasteiger partial charge in [0.05, 0.1) is 23.5 Å². The van der Waals surface area contributed by atoms with E-state index in [1.807, 2.05) is 0 Å². The fraction of sp³-hybridized carbons (Fsp3) is 0.526. The Hall–Kier alpha value is -2.80. The molecule has 1 saturated carbocycles. The number of nitrogen functional groups attached to an aromatic ring is 1. The van der Waals surface area contributed by atoms with E-state index in [9.17, 15) is 23.3 Å². The van der Waals surface area contributed by atoms with Crippen molar-refractivity contribution >= 4 is 28.4 Å². The Morgan fingerprint density at radius 3 is 2.75 bits per heavy atom. The van der Waals surface area contributed by atoms with Crippen LogP contribution < -0.4 is 10.5 Å². The highest BCUT2D eigenvalue weighted by atomic mass is 32.1. The number of methoxy groups -OCH3 is 1. The fourth-order valence-electron chi connectivity index (χ4n) is 3.76. The molecule has 1 aliphatic carbocycles. The summed E-state index contributed by atoms with van der Waals surface area (Å²) in [5.41, 5.74) is 5.02. The van der Waals surface area contributed by atoms with Crippen LogP contribution in [0.15, 0.2) is 12.3 Å². The molecule has 0 radical (unpaired) electrons. The summed E-state index contributed by atoms with van der Waals surface area (Å²) < 4.78 is 49.4. The van der Waals surface area contributed by atoms with Gasteiger partial charge < -0.3 is 15.2 Å². The van der Waals surface area contributed by atoms with Crippen molar-refractivity contribution in [3.63, 3.8) is 0 Å². The third-order valence-corrected chi connectivity index (χ3v) is 6.62. The lowest BCUT2D eigenvalue weighted by atomic mass is 9.93. The summed E-state index contributed by atoms with van der Waals surface area (Å²) >= 11 is 1.31. The first-order chi connectivity index (χ1) is 15.1. The zero-order valence-electron chi connectivity index (χ0n) is 17.0. The van der Waals surface area contributed by atoms with Crippen LogP contribution >= 0.6 is 11.3 Å². The third kappa shape index (κ3) is 4.53. The number of ether oxygens (including phenoxy) is 2. The molecule has 2 aliphatic rings. The van der Waals surface area contributed by atoms with Gasteiger partial charge in [-0.1, -0.05) is 11.3 Å². The minimum atomic E-state index is -4.36. The number of hydrogen-bond donors (Lipinski definition) is 1. The van der Waals surface area contributed by atoms with Gasteiger partial charge in [0.15, 0.2) is 5.82 Å². The summed E-state index contributed by atoms with van der Waals surface area (Å²) in [5.74, 6) is -0.178. The molecular formula is C19H20F3N5O4S. The zero-order chi connectivity index (χ0) is 23.1. The van der Waals surface area contributed by atoms with Crippen LogP contribution in [0.4, 0.5) is 24.7 Å². The maximum atomic E-state index is 12.8. The molecule has 1 aliphatic heterocycles. The monoisotopic (exact) mass is 471 g/mol. The molecular weight excluding hydrogens is 451 g/mol. The SMILES string of the molecule is COc1ncc(C2C=C(c3nc(N)c([N+](=O)[O-])c(C4(CCC(F)(F)F)CC4)n3)CCO2)s1. The number of thiazole rings is 1. The zero-order valence-corrected chi connectivity index (χ0v) is 17.8. The van der Waals surface area contributed by atoms with E-state index in [2.05, 4.69) is 15.0 Å². The molecule has 2 aromatic rings. The van der Waals surface area contributed by atoms with Crippen molar-refractivity contribution in [2.75, 3.05) is 19.5 Å². The maximum absolute atomic E-state index is 12.8. The molecule has 0 amide bonds. The number of rotatable bonds is 7. The Morgan fingerprint density at radius 2 is 2.16 bits per heavy atom. The highest BCUT2D eigenvalue weighted by molar-refractivity contribution is 7.13. The summed E-state index contributed by atoms with van der Waals surface area (Å²) in [6.45, 7) is 0.339. The van der Waals surface area contributed by atoms with E-state index in [0.717, 1.165) is 4.88 Å². The second-order valence-corrected chi connectivity index (χ2v) is 8.77. The van der Waals surface area contributed by atoms with Gasteiger partial charge in [0.2, 0.25) is 5.82 Å². The first-order valence-corrected chi connectivity index (χ1v) is 10.6. The number of aromatic nitrogens is 3. The van der Waals surface area contributed by atoms with E-state index < -0.39 is 34.7 Å². The van der Waals surface area contributed by atoms with Gasteiger partial charge in [0.25, 0.3) is 5.19 Å². The number of halogens is 3. The van der Waals surface area contributed by atoms with Crippen LogP contribution in [-0.4, -0.2) is 39.8 Å². The van der Waals surface area contributed by atoms with E-state index in [4.69, 9.17) is 15.2 Å². The number of anilines is 1. The average molecular weight is 471 g/mol. The Labute approximate surface area is 184 Å². The third-order valence-electron chi connectivity index (χ3n) is 5.60. The largest absolute Gasteiger partial charge is 0.473 e. The van der Waals surface area contributed by atoms with Crippen LogP contribution in [0.3, 0.4) is 0 Å². The quantitative estimate of drug-likeness (QED) is 0.466. The number of nitrogens with zero attached hydrogens (tertiary/aromatic N) is 4. The van der Waals surface area contributed by atoms with Crippen LogP contribution in [-0.2, 0) is 10.2 Å². The van der Waals surface area contributed by atoms with Crippen LogP contribution in [0.2, 0.25) is 0 Å². The lowest BCUT2D eigenvalue weighted by molar-refractivity contribution is -0.385. The van der Waals surface area contributed by atoms with Crippen molar-refractivity contribution in [2.24, 2.45) is 0 Å². The standard InChI is InChI=1S/C19H20F3N5O4S/c1-30-17-24-9-12(32-17)11-8-10(2-7-31-11)16-25-14(13(27(28)29)15(23)26-16)18(3-4-18)5-6-19(20,21)22/h8-9,11H,2-7H2,1H3,(H2,23,25,26). The van der Waals surface area contributed by atoms with Crippen molar-refractivity contribution in [1.82, 2.24) is 15.0 Å². The second-order valence-electron chi connectivity index (χ2n) is 7.75. The molecule has 9 nitrogen and oxygen atoms in total. The van der Waals surface area contributed by atoms with Crippen molar-refractivity contribution in [3.05, 3.63) is 38.8 Å². The molecule has 0 bridgehead atoms. The smallest absolute Gasteiger partial charge is 0.389 e. The number of nitro groups is 1. The van der Waals surface area contributed by atoms with Crippen molar-refractivity contribution < 1.29 is 27.6 Å². The summed E-state index contributed by atoms with van der Waals surface area (Å²) in [5, 5.41) is 12.1. The molecule has 4 rings (SSSR count). The Balaban J connectivity index is 1.71. The molecule has 1 fully saturated rings. The van der Waals surface area contributed by atoms with Crippen molar-refractivity contribution in [2.45, 2.75) is 49.8 Å². The maximum Gasteiger partial charge on any atom is 0.389 e. The average Bonchev–Trinajstić information content (AvgIpc) is 3.38. The van der Waals surface area contributed by atoms with Gasteiger partial charge in [0.1, 0.15) is 11.8 Å². The van der Waals surface area contributed by atoms with Crippen molar-refractivity contribution in [1.29, 1.82) is 0 Å². The minimum Gasteiger partial charge on any atom is -0.473 e. The summed E-state index contributed by atoms with van der Waals surface area (Å²) in [4.78, 5) is 24.4. The number of nitrogens with two attached hydrogens (primary N) is 1. The van der Waals surface area contributed by atoms with Gasteiger partial charge in [0, 0.05) is 18.0 Å². The highest BCUT2D eigenvalue weighted by Crippen LogP contribution is 2.55. The van der Waals surface area contributed by atoms with Gasteiger partial charge in [-0.3, -0.25) is 10.1 Å². The number of alkyl halides is 3. The van der Waals surface area contributed by atoms with E-state index in [0.29, 0.717) is 36.6 Å². The van der Waals surface area contributed by atoms with Gasteiger partial charge in [-0.15, -0.1) is 0 Å². The molecule has 0 spiro atoms. The molecule has 32 heavy (non-hydrogen) atoms. The highest BCUT2D eigenvalue weighted by Gasteiger charge is 2.52. The van der Waals surface area contributed by atoms with E-state index >= 15 is 0 Å². The molecule has 1 atom stereocenters. The molecule has 2 N–H and O–H groups in total. The predicted octanol–water partition coefficient (Wildman–Crippen LogP) is 4.35. The normalized spacial score (nSPS) is 20.0. The van der Waals surface area contributed by atoms with Crippen LogP contribution in [0.5, 0.6) is 5.19 Å². The lowest BCUT2D eigenvalue weighted by Crippen LogP contribution is -2.20. The first kappa shape index (κ1) is 22.4. The van der Waals surface area contributed by atoms with Crippen LogP contribution in [0, 0.1) is 10.1 Å². The molecule has 13 heteroatoms. The fourth-order valence-corrected chi connectivity index (χ4v) is 4.51. The predicted molar refractivity (Wildman–Crippen MR) is 109 cm³/mol. The summed E-state index contributed by atoms with van der Waals surface area (Å²) in [6, 6.07) is 0. The number of hydrogen-bond acceptors (Lipinski definition) is 9. The molecule has 1 unspecified atom stereocenters. The Bertz CT molecular complexity index is 1070. The van der Waals surface area contributed by atoms with Gasteiger partial charge in [-0.25, -0.2) is 15.0 Å². The van der Waals surface area contributed by atoms with Crippen molar-refractivity contribution in [3.8, 4) is 5.19 Å². The molecule has 172 valence electrons. The molecule has 0 saturated heterocycles. The Morgan fingerprint density at radius 1 is 1.41 bits per heavy atom. The summed E-state index contributed by atoms with van der Waals surface area (Å²) in [6.07, 6.45) is -1.54. The van der Waals surface area contributed by atoms with E-state index in [-0.39, 0.29) is 23.8 Å². The van der Waals surface area contributed by atoms with E-state index in [1.54, 1.807) is 12.3 Å². The van der Waals surface area contributed by atoms with Crippen LogP contribution in [0.1, 0.15) is 54.6 Å². The minimum absolute atomic E-state index is 0.0161. The molecule has 3 heterocycles. The first-order valence-electron chi connectivity index (χ1n) is 9.83. The topological polar surface area (TPSA) is 126 Å².